The van der Waals surface area contributed by atoms with Gasteiger partial charge in [0.2, 0.25) is 0 Å². The van der Waals surface area contributed by atoms with Crippen LogP contribution in [0, 0.1) is 0 Å². The van der Waals surface area contributed by atoms with E-state index in [9.17, 15) is 19.5 Å². The van der Waals surface area contributed by atoms with Gasteiger partial charge in [0.1, 0.15) is 5.65 Å². The standard InChI is InChI=1S/C13H20N4O4/c1-3-16-10-9(14-12(20)15-10)11(19)17(13(16)21)7-5-4-6-8(2)18/h8,18H,3-7H2,1-2H3,(H2,14,15,20). The Kier molecular flexibility index (Phi) is 4.46. The Morgan fingerprint density at radius 2 is 1.86 bits per heavy atom. The molecule has 0 aliphatic heterocycles. The number of nitrogens with zero attached hydrogens (tertiary/aromatic N) is 2. The predicted molar refractivity (Wildman–Crippen MR) is 78.6 cm³/mol. The van der Waals surface area contributed by atoms with Crippen molar-refractivity contribution in [1.29, 1.82) is 0 Å². The molecule has 8 heteroatoms. The third-order valence-electron chi connectivity index (χ3n) is 3.47. The number of aliphatic hydroxyl groups excluding tert-OH is 1. The number of hydrogen-bond acceptors (Lipinski definition) is 4. The zero-order valence-corrected chi connectivity index (χ0v) is 12.2. The van der Waals surface area contributed by atoms with Crippen molar-refractivity contribution < 1.29 is 5.11 Å². The van der Waals surface area contributed by atoms with Crippen LogP contribution < -0.4 is 16.9 Å². The highest BCUT2D eigenvalue weighted by molar-refractivity contribution is 5.68. The fourth-order valence-electron chi connectivity index (χ4n) is 2.39. The summed E-state index contributed by atoms with van der Waals surface area (Å²) in [6.45, 7) is 4.10. The largest absolute Gasteiger partial charge is 0.393 e. The Labute approximate surface area is 120 Å². The molecule has 3 N–H and O–H groups in total. The molecule has 0 amide bonds. The van der Waals surface area contributed by atoms with Gasteiger partial charge < -0.3 is 5.11 Å². The first-order chi connectivity index (χ1) is 9.95. The van der Waals surface area contributed by atoms with Crippen LogP contribution >= 0.6 is 0 Å². The summed E-state index contributed by atoms with van der Waals surface area (Å²) >= 11 is 0. The van der Waals surface area contributed by atoms with E-state index in [4.69, 9.17) is 0 Å². The fraction of sp³-hybridized carbons (Fsp3) is 0.615. The minimum Gasteiger partial charge on any atom is -0.393 e. The Morgan fingerprint density at radius 1 is 1.14 bits per heavy atom. The smallest absolute Gasteiger partial charge is 0.332 e. The van der Waals surface area contributed by atoms with Gasteiger partial charge in [-0.2, -0.15) is 0 Å². The Bertz CT molecular complexity index is 793. The molecule has 0 aromatic carbocycles. The molecule has 1 atom stereocenters. The lowest BCUT2D eigenvalue weighted by Gasteiger charge is -2.10. The molecule has 2 aromatic rings. The van der Waals surface area contributed by atoms with Gasteiger partial charge in [0.25, 0.3) is 5.56 Å². The van der Waals surface area contributed by atoms with E-state index in [-0.39, 0.29) is 17.7 Å². The second-order valence-corrected chi connectivity index (χ2v) is 5.13. The van der Waals surface area contributed by atoms with Crippen molar-refractivity contribution in [3.63, 3.8) is 0 Å². The van der Waals surface area contributed by atoms with Gasteiger partial charge in [0.15, 0.2) is 5.52 Å². The van der Waals surface area contributed by atoms with Gasteiger partial charge >= 0.3 is 11.4 Å². The molecule has 21 heavy (non-hydrogen) atoms. The van der Waals surface area contributed by atoms with Crippen molar-refractivity contribution in [3.8, 4) is 0 Å². The molecule has 2 aromatic heterocycles. The molecule has 2 heterocycles. The maximum atomic E-state index is 12.3. The summed E-state index contributed by atoms with van der Waals surface area (Å²) in [6, 6.07) is 0. The summed E-state index contributed by atoms with van der Waals surface area (Å²) in [5.41, 5.74) is -1.07. The average Bonchev–Trinajstić information content (AvgIpc) is 2.80. The Morgan fingerprint density at radius 3 is 2.48 bits per heavy atom. The molecule has 0 radical (unpaired) electrons. The lowest BCUT2D eigenvalue weighted by atomic mass is 10.2. The van der Waals surface area contributed by atoms with Gasteiger partial charge in [-0.25, -0.2) is 9.59 Å². The molecule has 1 unspecified atom stereocenters. The Hall–Kier alpha value is -2.09. The summed E-state index contributed by atoms with van der Waals surface area (Å²) in [7, 11) is 0. The summed E-state index contributed by atoms with van der Waals surface area (Å²) in [5, 5.41) is 9.21. The summed E-state index contributed by atoms with van der Waals surface area (Å²) in [6.07, 6.45) is 1.57. The third kappa shape index (κ3) is 2.99. The van der Waals surface area contributed by atoms with E-state index < -0.39 is 23.0 Å². The van der Waals surface area contributed by atoms with Crippen LogP contribution in [0.5, 0.6) is 0 Å². The van der Waals surface area contributed by atoms with Crippen molar-refractivity contribution in [3.05, 3.63) is 31.3 Å². The normalized spacial score (nSPS) is 12.9. The Balaban J connectivity index is 2.42. The number of aromatic nitrogens is 4. The number of H-pyrrole nitrogens is 2. The van der Waals surface area contributed by atoms with Crippen LogP contribution in [-0.2, 0) is 13.1 Å². The molecule has 0 fully saturated rings. The number of aryl methyl sites for hydroxylation is 1. The van der Waals surface area contributed by atoms with Gasteiger partial charge in [0, 0.05) is 13.1 Å². The summed E-state index contributed by atoms with van der Waals surface area (Å²) in [5.74, 6) is 0. The van der Waals surface area contributed by atoms with Crippen LogP contribution in [0.3, 0.4) is 0 Å². The predicted octanol–water partition coefficient (Wildman–Crippen LogP) is -0.249. The van der Waals surface area contributed by atoms with Gasteiger partial charge in [0.05, 0.1) is 6.10 Å². The van der Waals surface area contributed by atoms with Gasteiger partial charge in [-0.05, 0) is 33.1 Å². The number of imidazole rings is 1. The van der Waals surface area contributed by atoms with Crippen molar-refractivity contribution in [2.45, 2.75) is 52.3 Å². The van der Waals surface area contributed by atoms with Crippen LogP contribution in [0.4, 0.5) is 0 Å². The summed E-state index contributed by atoms with van der Waals surface area (Å²) < 4.78 is 2.50. The van der Waals surface area contributed by atoms with Gasteiger partial charge in [-0.1, -0.05) is 0 Å². The first kappa shape index (κ1) is 15.3. The number of aromatic amines is 2. The zero-order valence-electron chi connectivity index (χ0n) is 12.2. The van der Waals surface area contributed by atoms with E-state index in [2.05, 4.69) is 9.97 Å². The second-order valence-electron chi connectivity index (χ2n) is 5.13. The first-order valence-corrected chi connectivity index (χ1v) is 7.09. The minimum atomic E-state index is -0.504. The molecule has 0 saturated heterocycles. The van der Waals surface area contributed by atoms with Crippen LogP contribution in [-0.4, -0.2) is 30.3 Å². The quantitative estimate of drug-likeness (QED) is 0.638. The van der Waals surface area contributed by atoms with Crippen molar-refractivity contribution in [2.24, 2.45) is 0 Å². The van der Waals surface area contributed by atoms with E-state index in [0.717, 1.165) is 11.0 Å². The molecular weight excluding hydrogens is 276 g/mol. The first-order valence-electron chi connectivity index (χ1n) is 7.09. The van der Waals surface area contributed by atoms with Crippen LogP contribution in [0.2, 0.25) is 0 Å². The van der Waals surface area contributed by atoms with Crippen LogP contribution in [0.1, 0.15) is 33.1 Å². The molecule has 0 aliphatic rings. The molecule has 116 valence electrons. The highest BCUT2D eigenvalue weighted by Crippen LogP contribution is 2.02. The lowest BCUT2D eigenvalue weighted by molar-refractivity contribution is 0.180. The lowest BCUT2D eigenvalue weighted by Crippen LogP contribution is -2.40. The van der Waals surface area contributed by atoms with Gasteiger partial charge in [-0.3, -0.25) is 23.9 Å². The molecule has 0 saturated carbocycles. The van der Waals surface area contributed by atoms with E-state index in [0.29, 0.717) is 19.4 Å². The molecule has 0 aliphatic carbocycles. The van der Waals surface area contributed by atoms with Crippen LogP contribution in [0.15, 0.2) is 14.4 Å². The van der Waals surface area contributed by atoms with E-state index in [1.165, 1.54) is 4.57 Å². The molecule has 0 spiro atoms. The number of rotatable bonds is 6. The second kappa shape index (κ2) is 6.13. The van der Waals surface area contributed by atoms with Gasteiger partial charge in [-0.15, -0.1) is 0 Å². The molecule has 2 rings (SSSR count). The monoisotopic (exact) mass is 296 g/mol. The van der Waals surface area contributed by atoms with E-state index >= 15 is 0 Å². The summed E-state index contributed by atoms with van der Waals surface area (Å²) in [4.78, 5) is 40.9. The SMILES string of the molecule is CCn1c(=O)n(CCCCC(C)O)c(=O)c2[nH]c(=O)[nH]c21. The number of nitrogens with one attached hydrogen (secondary N) is 2. The third-order valence-corrected chi connectivity index (χ3v) is 3.47. The number of hydrogen-bond donors (Lipinski definition) is 3. The van der Waals surface area contributed by atoms with Crippen molar-refractivity contribution >= 4 is 11.2 Å². The number of aliphatic hydroxyl groups is 1. The number of fused-ring (bicyclic) bond motifs is 1. The van der Waals surface area contributed by atoms with E-state index in [1.807, 2.05) is 0 Å². The molecule has 8 nitrogen and oxygen atoms in total. The van der Waals surface area contributed by atoms with Crippen molar-refractivity contribution in [1.82, 2.24) is 19.1 Å². The van der Waals surface area contributed by atoms with E-state index in [1.54, 1.807) is 13.8 Å². The fourth-order valence-corrected chi connectivity index (χ4v) is 2.39. The average molecular weight is 296 g/mol. The number of unbranched alkanes of at least 4 members (excludes halogenated alkanes) is 1. The van der Waals surface area contributed by atoms with Crippen LogP contribution in [0.25, 0.3) is 11.2 Å². The molecular formula is C13H20N4O4. The maximum absolute atomic E-state index is 12.3. The highest BCUT2D eigenvalue weighted by Gasteiger charge is 2.14. The topological polar surface area (TPSA) is 113 Å². The minimum absolute atomic E-state index is 0.122. The maximum Gasteiger partial charge on any atom is 0.332 e. The molecule has 0 bridgehead atoms. The zero-order chi connectivity index (χ0) is 15.6. The van der Waals surface area contributed by atoms with Crippen molar-refractivity contribution in [2.75, 3.05) is 0 Å². The highest BCUT2D eigenvalue weighted by atomic mass is 16.3.